The third kappa shape index (κ3) is 10.2. The molecule has 0 saturated carbocycles. The second-order valence-electron chi connectivity index (χ2n) is 4.31. The minimum atomic E-state index is -0.236. The number of aliphatic hydroxyl groups is 1. The van der Waals surface area contributed by atoms with Gasteiger partial charge in [-0.2, -0.15) is 0 Å². The molecule has 0 saturated heterocycles. The van der Waals surface area contributed by atoms with Crippen LogP contribution in [-0.2, 0) is 19.1 Å². The number of aldehydes is 1. The maximum atomic E-state index is 11.4. The number of unbranched alkanes of at least 4 members (excludes halogenated alkanes) is 4. The molecule has 0 aromatic heterocycles. The van der Waals surface area contributed by atoms with Crippen molar-refractivity contribution >= 4 is 12.3 Å². The summed E-state index contributed by atoms with van der Waals surface area (Å²) >= 11 is 0. The monoisotopic (exact) mass is 260 g/mol. The first kappa shape index (κ1) is 17.1. The molecule has 0 bridgehead atoms. The number of carbonyl (C=O) groups is 2. The molecule has 0 heterocycles. The molecule has 0 rings (SSSR count). The maximum absolute atomic E-state index is 11.4. The van der Waals surface area contributed by atoms with Crippen molar-refractivity contribution in [3.63, 3.8) is 0 Å². The summed E-state index contributed by atoms with van der Waals surface area (Å²) in [6.07, 6.45) is 5.48. The number of aliphatic hydroxyl groups excluding tert-OH is 1. The van der Waals surface area contributed by atoms with Gasteiger partial charge in [0, 0.05) is 25.9 Å². The van der Waals surface area contributed by atoms with Crippen molar-refractivity contribution in [2.24, 2.45) is 5.92 Å². The number of methoxy groups -OCH3 is 1. The summed E-state index contributed by atoms with van der Waals surface area (Å²) in [6, 6.07) is 0. The first-order valence-electron chi connectivity index (χ1n) is 6.43. The van der Waals surface area contributed by atoms with Gasteiger partial charge in [-0.3, -0.25) is 4.79 Å². The van der Waals surface area contributed by atoms with E-state index in [1.54, 1.807) is 7.11 Å². The van der Waals surface area contributed by atoms with Crippen molar-refractivity contribution in [1.29, 1.82) is 0 Å². The van der Waals surface area contributed by atoms with Crippen molar-refractivity contribution in [2.45, 2.75) is 38.5 Å². The van der Waals surface area contributed by atoms with Gasteiger partial charge >= 0.3 is 5.97 Å². The van der Waals surface area contributed by atoms with Gasteiger partial charge in [-0.25, -0.2) is 0 Å². The number of carbonyl (C=O) groups excluding carboxylic acids is 2. The summed E-state index contributed by atoms with van der Waals surface area (Å²) in [5.74, 6) is -0.383. The van der Waals surface area contributed by atoms with Crippen molar-refractivity contribution in [2.75, 3.05) is 26.9 Å². The lowest BCUT2D eigenvalue weighted by molar-refractivity contribution is -0.146. The van der Waals surface area contributed by atoms with Gasteiger partial charge in [-0.15, -0.1) is 0 Å². The Morgan fingerprint density at radius 3 is 2.56 bits per heavy atom. The van der Waals surface area contributed by atoms with Crippen LogP contribution in [0, 0.1) is 5.92 Å². The van der Waals surface area contributed by atoms with E-state index in [-0.39, 0.29) is 25.1 Å². The Bertz CT molecular complexity index is 217. The average Bonchev–Trinajstić information content (AvgIpc) is 2.38. The predicted octanol–water partition coefficient (Wildman–Crippen LogP) is 1.32. The quantitative estimate of drug-likeness (QED) is 0.325. The highest BCUT2D eigenvalue weighted by Crippen LogP contribution is 2.06. The van der Waals surface area contributed by atoms with E-state index in [1.807, 2.05) is 0 Å². The van der Waals surface area contributed by atoms with Crippen LogP contribution in [0.5, 0.6) is 0 Å². The fraction of sp³-hybridized carbons (Fsp3) is 0.846. The van der Waals surface area contributed by atoms with Crippen LogP contribution in [0.3, 0.4) is 0 Å². The largest absolute Gasteiger partial charge is 0.465 e. The van der Waals surface area contributed by atoms with E-state index < -0.39 is 0 Å². The van der Waals surface area contributed by atoms with E-state index in [0.717, 1.165) is 32.0 Å². The molecule has 1 N–H and O–H groups in total. The minimum absolute atomic E-state index is 0.0488. The average molecular weight is 260 g/mol. The zero-order valence-corrected chi connectivity index (χ0v) is 11.1. The highest BCUT2D eigenvalue weighted by Gasteiger charge is 2.10. The third-order valence-electron chi connectivity index (χ3n) is 2.59. The molecule has 0 aliphatic heterocycles. The Labute approximate surface area is 108 Å². The summed E-state index contributed by atoms with van der Waals surface area (Å²) in [6.45, 7) is 0.538. The van der Waals surface area contributed by atoms with Crippen LogP contribution in [0.2, 0.25) is 0 Å². The molecule has 5 heteroatoms. The van der Waals surface area contributed by atoms with E-state index >= 15 is 0 Å². The van der Waals surface area contributed by atoms with Gasteiger partial charge in [0.05, 0.1) is 19.8 Å². The Morgan fingerprint density at radius 1 is 1.22 bits per heavy atom. The van der Waals surface area contributed by atoms with E-state index in [9.17, 15) is 9.59 Å². The molecule has 18 heavy (non-hydrogen) atoms. The number of hydrogen-bond acceptors (Lipinski definition) is 5. The van der Waals surface area contributed by atoms with Gasteiger partial charge in [0.1, 0.15) is 6.29 Å². The molecular formula is C13H24O5. The first-order valence-corrected chi connectivity index (χ1v) is 6.43. The molecule has 106 valence electrons. The fourth-order valence-electron chi connectivity index (χ4n) is 1.52. The standard InChI is InChI=1S/C13H24O5/c1-17-10-12(9-15)11-18-13(16)7-5-3-2-4-6-8-14/h8,12,15H,2-7,9-11H2,1H3. The van der Waals surface area contributed by atoms with Crippen LogP contribution in [0.1, 0.15) is 38.5 Å². The van der Waals surface area contributed by atoms with E-state index in [2.05, 4.69) is 0 Å². The molecule has 1 atom stereocenters. The normalized spacial score (nSPS) is 12.1. The Hall–Kier alpha value is -0.940. The molecular weight excluding hydrogens is 236 g/mol. The molecule has 0 aromatic rings. The Balaban J connectivity index is 3.44. The summed E-state index contributed by atoms with van der Waals surface area (Å²) in [5, 5.41) is 8.97. The Kier molecular flexibility index (Phi) is 11.9. The molecule has 0 aliphatic carbocycles. The fourth-order valence-corrected chi connectivity index (χ4v) is 1.52. The first-order chi connectivity index (χ1) is 8.74. The van der Waals surface area contributed by atoms with Crippen LogP contribution in [-0.4, -0.2) is 44.3 Å². The number of ether oxygens (including phenoxy) is 2. The van der Waals surface area contributed by atoms with Crippen LogP contribution >= 0.6 is 0 Å². The maximum Gasteiger partial charge on any atom is 0.305 e. The second kappa shape index (κ2) is 12.5. The molecule has 0 aliphatic rings. The molecule has 1 unspecified atom stereocenters. The van der Waals surface area contributed by atoms with Crippen molar-refractivity contribution in [1.82, 2.24) is 0 Å². The zero-order valence-electron chi connectivity index (χ0n) is 11.1. The highest BCUT2D eigenvalue weighted by molar-refractivity contribution is 5.69. The molecule has 0 amide bonds. The molecule has 0 radical (unpaired) electrons. The SMILES string of the molecule is COCC(CO)COC(=O)CCCCCCC=O. The summed E-state index contributed by atoms with van der Waals surface area (Å²) in [5.41, 5.74) is 0. The van der Waals surface area contributed by atoms with Gasteiger partial charge < -0.3 is 19.4 Å². The number of rotatable bonds is 12. The smallest absolute Gasteiger partial charge is 0.305 e. The lowest BCUT2D eigenvalue weighted by Gasteiger charge is -2.13. The second-order valence-corrected chi connectivity index (χ2v) is 4.31. The van der Waals surface area contributed by atoms with Crippen LogP contribution in [0.4, 0.5) is 0 Å². The van der Waals surface area contributed by atoms with E-state index in [1.165, 1.54) is 0 Å². The van der Waals surface area contributed by atoms with E-state index in [4.69, 9.17) is 14.6 Å². The highest BCUT2D eigenvalue weighted by atomic mass is 16.5. The van der Waals surface area contributed by atoms with Crippen LogP contribution in [0.15, 0.2) is 0 Å². The van der Waals surface area contributed by atoms with Crippen LogP contribution in [0.25, 0.3) is 0 Å². The number of hydrogen-bond donors (Lipinski definition) is 1. The zero-order chi connectivity index (χ0) is 13.6. The topological polar surface area (TPSA) is 72.8 Å². The van der Waals surface area contributed by atoms with Gasteiger partial charge in [-0.1, -0.05) is 12.8 Å². The van der Waals surface area contributed by atoms with Crippen LogP contribution < -0.4 is 0 Å². The summed E-state index contributed by atoms with van der Waals surface area (Å²) in [4.78, 5) is 21.4. The molecule has 5 nitrogen and oxygen atoms in total. The summed E-state index contributed by atoms with van der Waals surface area (Å²) < 4.78 is 9.92. The van der Waals surface area contributed by atoms with Gasteiger partial charge in [0.15, 0.2) is 0 Å². The lowest BCUT2D eigenvalue weighted by Crippen LogP contribution is -2.21. The Morgan fingerprint density at radius 2 is 1.94 bits per heavy atom. The van der Waals surface area contributed by atoms with Gasteiger partial charge in [0.25, 0.3) is 0 Å². The lowest BCUT2D eigenvalue weighted by atomic mass is 10.1. The van der Waals surface area contributed by atoms with Gasteiger partial charge in [0.2, 0.25) is 0 Å². The summed E-state index contributed by atoms with van der Waals surface area (Å²) in [7, 11) is 1.55. The predicted molar refractivity (Wildman–Crippen MR) is 67.2 cm³/mol. The van der Waals surface area contributed by atoms with Gasteiger partial charge in [-0.05, 0) is 12.8 Å². The minimum Gasteiger partial charge on any atom is -0.465 e. The van der Waals surface area contributed by atoms with Crippen molar-refractivity contribution in [3.05, 3.63) is 0 Å². The molecule has 0 aromatic carbocycles. The molecule has 0 spiro atoms. The van der Waals surface area contributed by atoms with Crippen molar-refractivity contribution < 1.29 is 24.2 Å². The number of esters is 1. The molecule has 0 fully saturated rings. The van der Waals surface area contributed by atoms with E-state index in [0.29, 0.717) is 19.4 Å². The third-order valence-corrected chi connectivity index (χ3v) is 2.59. The van der Waals surface area contributed by atoms with Crippen molar-refractivity contribution in [3.8, 4) is 0 Å².